The number of rotatable bonds is 3. The van der Waals surface area contributed by atoms with Crippen LogP contribution in [0.5, 0.6) is 0 Å². The molecule has 0 bridgehead atoms. The third-order valence-electron chi connectivity index (χ3n) is 5.15. The normalized spacial score (nSPS) is 21.6. The molecule has 1 aromatic carbocycles. The molecule has 0 radical (unpaired) electrons. The lowest BCUT2D eigenvalue weighted by atomic mass is 9.93. The third kappa shape index (κ3) is 4.91. The van der Waals surface area contributed by atoms with Crippen LogP contribution in [0, 0.1) is 11.7 Å². The smallest absolute Gasteiger partial charge is 0.225 e. The molecule has 1 saturated heterocycles. The molecule has 0 spiro atoms. The number of benzene rings is 1. The Hall–Kier alpha value is -1.69. The number of piperidine rings is 1. The predicted octanol–water partition coefficient (Wildman–Crippen LogP) is 3.68. The molecule has 1 heterocycles. The molecule has 1 amide bonds. The van der Waals surface area contributed by atoms with E-state index in [1.807, 2.05) is 4.90 Å². The second kappa shape index (κ2) is 8.61. The van der Waals surface area contributed by atoms with Crippen molar-refractivity contribution in [2.45, 2.75) is 51.0 Å². The van der Waals surface area contributed by atoms with E-state index in [4.69, 9.17) is 12.2 Å². The summed E-state index contributed by atoms with van der Waals surface area (Å²) in [5.74, 6) is -0.227. The molecule has 6 heteroatoms. The van der Waals surface area contributed by atoms with Gasteiger partial charge in [-0.1, -0.05) is 31.4 Å². The topological polar surface area (TPSA) is 44.4 Å². The van der Waals surface area contributed by atoms with Crippen LogP contribution in [-0.4, -0.2) is 35.1 Å². The largest absolute Gasteiger partial charge is 0.353 e. The number of halogens is 1. The van der Waals surface area contributed by atoms with Gasteiger partial charge in [-0.25, -0.2) is 4.39 Å². The second-order valence-electron chi connectivity index (χ2n) is 7.04. The Morgan fingerprint density at radius 1 is 1.12 bits per heavy atom. The minimum atomic E-state index is -0.326. The Morgan fingerprint density at radius 2 is 1.88 bits per heavy atom. The van der Waals surface area contributed by atoms with Crippen molar-refractivity contribution in [2.24, 2.45) is 5.92 Å². The second-order valence-corrected chi connectivity index (χ2v) is 7.43. The van der Waals surface area contributed by atoms with E-state index in [9.17, 15) is 9.18 Å². The van der Waals surface area contributed by atoms with E-state index in [0.717, 1.165) is 32.2 Å². The highest BCUT2D eigenvalue weighted by Crippen LogP contribution is 2.22. The van der Waals surface area contributed by atoms with Crippen LogP contribution in [0.3, 0.4) is 0 Å². The van der Waals surface area contributed by atoms with E-state index < -0.39 is 0 Å². The number of carbonyl (C=O) groups is 1. The predicted molar refractivity (Wildman–Crippen MR) is 102 cm³/mol. The van der Waals surface area contributed by atoms with Crippen molar-refractivity contribution in [2.75, 3.05) is 18.4 Å². The van der Waals surface area contributed by atoms with Crippen LogP contribution in [0.2, 0.25) is 0 Å². The van der Waals surface area contributed by atoms with Crippen LogP contribution < -0.4 is 10.6 Å². The number of nitrogens with zero attached hydrogens (tertiary/aromatic N) is 1. The minimum absolute atomic E-state index is 0.0453. The fourth-order valence-corrected chi connectivity index (χ4v) is 3.97. The number of anilines is 1. The zero-order valence-electron chi connectivity index (χ0n) is 14.5. The average Bonchev–Trinajstić information content (AvgIpc) is 2.64. The van der Waals surface area contributed by atoms with Gasteiger partial charge in [0.25, 0.3) is 0 Å². The quantitative estimate of drug-likeness (QED) is 0.804. The number of hydrogen-bond donors (Lipinski definition) is 2. The molecule has 136 valence electrons. The Kier molecular flexibility index (Phi) is 6.24. The summed E-state index contributed by atoms with van der Waals surface area (Å²) in [6, 6.07) is 6.82. The number of para-hydroxylation sites is 1. The van der Waals surface area contributed by atoms with Gasteiger partial charge in [0.2, 0.25) is 5.91 Å². The van der Waals surface area contributed by atoms with Gasteiger partial charge in [-0.05, 0) is 50.0 Å². The Morgan fingerprint density at radius 3 is 2.64 bits per heavy atom. The molecular formula is C19H26FN3OS. The maximum absolute atomic E-state index is 13.8. The lowest BCUT2D eigenvalue weighted by molar-refractivity contribution is -0.127. The molecule has 0 unspecified atom stereocenters. The lowest BCUT2D eigenvalue weighted by Gasteiger charge is -2.35. The molecule has 2 aliphatic rings. The monoisotopic (exact) mass is 363 g/mol. The summed E-state index contributed by atoms with van der Waals surface area (Å²) in [5, 5.41) is 6.68. The van der Waals surface area contributed by atoms with Gasteiger partial charge in [0, 0.05) is 19.1 Å². The summed E-state index contributed by atoms with van der Waals surface area (Å²) in [4.78, 5) is 14.6. The first kappa shape index (κ1) is 18.1. The maximum Gasteiger partial charge on any atom is 0.225 e. The number of nitrogens with one attached hydrogen (secondary N) is 2. The first-order valence-corrected chi connectivity index (χ1v) is 9.65. The van der Waals surface area contributed by atoms with Crippen LogP contribution in [0.15, 0.2) is 24.3 Å². The first-order chi connectivity index (χ1) is 12.1. The van der Waals surface area contributed by atoms with E-state index in [-0.39, 0.29) is 17.6 Å². The number of likely N-dealkylation sites (tertiary alicyclic amines) is 1. The van der Waals surface area contributed by atoms with Gasteiger partial charge < -0.3 is 15.5 Å². The van der Waals surface area contributed by atoms with Crippen LogP contribution >= 0.6 is 12.2 Å². The first-order valence-electron chi connectivity index (χ1n) is 9.24. The molecule has 0 aromatic heterocycles. The third-order valence-corrected chi connectivity index (χ3v) is 5.51. The van der Waals surface area contributed by atoms with E-state index in [1.54, 1.807) is 18.2 Å². The highest BCUT2D eigenvalue weighted by molar-refractivity contribution is 7.80. The number of amides is 1. The fourth-order valence-electron chi connectivity index (χ4n) is 3.70. The van der Waals surface area contributed by atoms with Gasteiger partial charge in [-0.15, -0.1) is 0 Å². The number of carbonyl (C=O) groups excluding carboxylic acids is 1. The molecular weight excluding hydrogens is 337 g/mol. The minimum Gasteiger partial charge on any atom is -0.353 e. The van der Waals surface area contributed by atoms with Gasteiger partial charge in [0.15, 0.2) is 5.11 Å². The summed E-state index contributed by atoms with van der Waals surface area (Å²) in [5.41, 5.74) is 0.376. The van der Waals surface area contributed by atoms with Crippen molar-refractivity contribution >= 4 is 28.9 Å². The van der Waals surface area contributed by atoms with Gasteiger partial charge >= 0.3 is 0 Å². The Bertz CT molecular complexity index is 618. The van der Waals surface area contributed by atoms with Crippen molar-refractivity contribution < 1.29 is 9.18 Å². The summed E-state index contributed by atoms with van der Waals surface area (Å²) >= 11 is 5.43. The van der Waals surface area contributed by atoms with Crippen molar-refractivity contribution in [1.82, 2.24) is 10.2 Å². The van der Waals surface area contributed by atoms with Crippen LogP contribution in [-0.2, 0) is 4.79 Å². The summed E-state index contributed by atoms with van der Waals surface area (Å²) in [7, 11) is 0. The van der Waals surface area contributed by atoms with Crippen molar-refractivity contribution in [1.29, 1.82) is 0 Å². The molecule has 1 saturated carbocycles. The van der Waals surface area contributed by atoms with Gasteiger partial charge in [-0.2, -0.15) is 0 Å². The SMILES string of the molecule is O=C(NC1CCCCC1)[C@@H]1CCCN(C(=S)Nc2ccccc2F)C1. The van der Waals surface area contributed by atoms with Crippen LogP contribution in [0.25, 0.3) is 0 Å². The van der Waals surface area contributed by atoms with Gasteiger partial charge in [0.05, 0.1) is 11.6 Å². The van der Waals surface area contributed by atoms with Crippen LogP contribution in [0.1, 0.15) is 44.9 Å². The molecule has 1 aliphatic carbocycles. The molecule has 2 fully saturated rings. The van der Waals surface area contributed by atoms with E-state index in [2.05, 4.69) is 10.6 Å². The zero-order valence-corrected chi connectivity index (χ0v) is 15.3. The highest BCUT2D eigenvalue weighted by Gasteiger charge is 2.28. The Balaban J connectivity index is 1.54. The zero-order chi connectivity index (χ0) is 17.6. The highest BCUT2D eigenvalue weighted by atomic mass is 32.1. The average molecular weight is 364 g/mol. The summed E-state index contributed by atoms with van der Waals surface area (Å²) < 4.78 is 13.8. The molecule has 1 aromatic rings. The fraction of sp³-hybridized carbons (Fsp3) is 0.579. The standard InChI is InChI=1S/C19H26FN3OS/c20-16-10-4-5-11-17(16)22-19(25)23-12-6-7-14(13-23)18(24)21-15-8-2-1-3-9-15/h4-5,10-11,14-15H,1-3,6-9,12-13H2,(H,21,24)(H,22,25)/t14-/m1/s1. The summed E-state index contributed by atoms with van der Waals surface area (Å²) in [6.45, 7) is 1.40. The Labute approximate surface area is 154 Å². The number of thiocarbonyl (C=S) groups is 1. The van der Waals surface area contributed by atoms with Crippen molar-refractivity contribution in [3.63, 3.8) is 0 Å². The van der Waals surface area contributed by atoms with E-state index >= 15 is 0 Å². The van der Waals surface area contributed by atoms with Crippen molar-refractivity contribution in [3.8, 4) is 0 Å². The van der Waals surface area contributed by atoms with Crippen LogP contribution in [0.4, 0.5) is 10.1 Å². The molecule has 1 aliphatic heterocycles. The van der Waals surface area contributed by atoms with E-state index in [1.165, 1.54) is 25.3 Å². The van der Waals surface area contributed by atoms with Crippen molar-refractivity contribution in [3.05, 3.63) is 30.1 Å². The lowest BCUT2D eigenvalue weighted by Crippen LogP contribution is -2.48. The van der Waals surface area contributed by atoms with Gasteiger partial charge in [0.1, 0.15) is 5.82 Å². The van der Waals surface area contributed by atoms with E-state index in [0.29, 0.717) is 23.4 Å². The van der Waals surface area contributed by atoms with Gasteiger partial charge in [-0.3, -0.25) is 4.79 Å². The summed E-state index contributed by atoms with van der Waals surface area (Å²) in [6.07, 6.45) is 7.68. The molecule has 3 rings (SSSR count). The maximum atomic E-state index is 13.8. The molecule has 2 N–H and O–H groups in total. The molecule has 1 atom stereocenters. The molecule has 25 heavy (non-hydrogen) atoms. The number of hydrogen-bond acceptors (Lipinski definition) is 2. The molecule has 4 nitrogen and oxygen atoms in total.